The number of hydrogen-bond acceptors (Lipinski definition) is 4. The fourth-order valence-electron chi connectivity index (χ4n) is 1.56. The molecular formula is C10H17N3O2. The number of likely N-dealkylation sites (N-methyl/N-ethyl adjacent to an activating group) is 1. The molecule has 0 aromatic carbocycles. The largest absolute Gasteiger partial charge is 0.510 e. The van der Waals surface area contributed by atoms with Crippen LogP contribution in [0.3, 0.4) is 0 Å². The van der Waals surface area contributed by atoms with Crippen molar-refractivity contribution >= 4 is 5.91 Å². The minimum absolute atomic E-state index is 0.00407. The predicted molar refractivity (Wildman–Crippen MR) is 56.5 cm³/mol. The first-order valence-electron chi connectivity index (χ1n) is 5.18. The third kappa shape index (κ3) is 3.34. The molecule has 0 aromatic heterocycles. The van der Waals surface area contributed by atoms with Gasteiger partial charge < -0.3 is 10.4 Å². The predicted octanol–water partition coefficient (Wildman–Crippen LogP) is 1.92. The highest BCUT2D eigenvalue weighted by Crippen LogP contribution is 2.21. The smallest absolute Gasteiger partial charge is 0.275 e. The molecule has 0 unspecified atom stereocenters. The molecule has 84 valence electrons. The van der Waals surface area contributed by atoms with Crippen LogP contribution in [0.2, 0.25) is 0 Å². The molecule has 1 fully saturated rings. The van der Waals surface area contributed by atoms with E-state index in [1.54, 1.807) is 0 Å². The number of allylic oxidation sites excluding steroid dienone is 1. The lowest BCUT2D eigenvalue weighted by Gasteiger charge is -2.02. The van der Waals surface area contributed by atoms with E-state index in [1.807, 2.05) is 0 Å². The Labute approximate surface area is 89.3 Å². The van der Waals surface area contributed by atoms with E-state index in [0.717, 1.165) is 12.8 Å². The number of nitrogens with one attached hydrogen (secondary N) is 1. The van der Waals surface area contributed by atoms with Gasteiger partial charge in [0.1, 0.15) is 5.76 Å². The van der Waals surface area contributed by atoms with Crippen LogP contribution in [0.15, 0.2) is 21.7 Å². The second kappa shape index (κ2) is 5.48. The van der Waals surface area contributed by atoms with E-state index in [0.29, 0.717) is 0 Å². The fourth-order valence-corrected chi connectivity index (χ4v) is 1.56. The van der Waals surface area contributed by atoms with Gasteiger partial charge in [-0.3, -0.25) is 4.79 Å². The van der Waals surface area contributed by atoms with Crippen molar-refractivity contribution in [2.45, 2.75) is 38.6 Å². The van der Waals surface area contributed by atoms with Gasteiger partial charge in [-0.25, -0.2) is 0 Å². The number of aliphatic hydroxyl groups is 1. The summed E-state index contributed by atoms with van der Waals surface area (Å²) in [5.41, 5.74) is 0.00407. The Morgan fingerprint density at radius 2 is 2.00 bits per heavy atom. The third-order valence-corrected chi connectivity index (χ3v) is 2.43. The van der Waals surface area contributed by atoms with Crippen LogP contribution in [0.1, 0.15) is 32.6 Å². The maximum absolute atomic E-state index is 11.3. The van der Waals surface area contributed by atoms with Gasteiger partial charge in [0.25, 0.3) is 5.91 Å². The molecule has 15 heavy (non-hydrogen) atoms. The number of carbonyl (C=O) groups is 1. The van der Waals surface area contributed by atoms with Gasteiger partial charge in [-0.1, -0.05) is 12.8 Å². The number of amides is 1. The number of hydrogen-bond donors (Lipinski definition) is 2. The molecule has 0 aliphatic heterocycles. The Morgan fingerprint density at radius 3 is 2.47 bits per heavy atom. The van der Waals surface area contributed by atoms with E-state index in [4.69, 9.17) is 0 Å². The average molecular weight is 211 g/mol. The van der Waals surface area contributed by atoms with Crippen LogP contribution in [-0.2, 0) is 4.79 Å². The molecule has 2 N–H and O–H groups in total. The summed E-state index contributed by atoms with van der Waals surface area (Å²) in [7, 11) is 1.50. The van der Waals surface area contributed by atoms with E-state index in [1.165, 1.54) is 26.8 Å². The number of rotatable bonds is 3. The molecular weight excluding hydrogens is 194 g/mol. The molecule has 0 saturated heterocycles. The molecule has 5 nitrogen and oxygen atoms in total. The first kappa shape index (κ1) is 11.7. The lowest BCUT2D eigenvalue weighted by atomic mass is 10.3. The van der Waals surface area contributed by atoms with Crippen LogP contribution in [0.5, 0.6) is 0 Å². The quantitative estimate of drug-likeness (QED) is 0.425. The second-order valence-electron chi connectivity index (χ2n) is 3.67. The van der Waals surface area contributed by atoms with Gasteiger partial charge in [0, 0.05) is 7.05 Å². The van der Waals surface area contributed by atoms with Crippen molar-refractivity contribution < 1.29 is 9.90 Å². The third-order valence-electron chi connectivity index (χ3n) is 2.43. The Bertz CT molecular complexity index is 287. The topological polar surface area (TPSA) is 74.0 Å². The summed E-state index contributed by atoms with van der Waals surface area (Å²) >= 11 is 0. The minimum Gasteiger partial charge on any atom is -0.510 e. The highest BCUT2D eigenvalue weighted by Gasteiger charge is 2.15. The van der Waals surface area contributed by atoms with Crippen molar-refractivity contribution in [2.75, 3.05) is 7.05 Å². The minimum atomic E-state index is -0.406. The zero-order chi connectivity index (χ0) is 11.3. The van der Waals surface area contributed by atoms with Crippen molar-refractivity contribution in [2.24, 2.45) is 10.2 Å². The molecule has 0 radical (unpaired) electrons. The van der Waals surface area contributed by atoms with Gasteiger partial charge in [0.05, 0.1) is 6.04 Å². The Hall–Kier alpha value is -1.39. The van der Waals surface area contributed by atoms with Crippen LogP contribution in [0.25, 0.3) is 0 Å². The number of nitrogens with zero attached hydrogens (tertiary/aromatic N) is 2. The summed E-state index contributed by atoms with van der Waals surface area (Å²) in [5, 5.41) is 19.5. The Morgan fingerprint density at radius 1 is 1.40 bits per heavy atom. The SMILES string of the molecule is CNC(=O)C(N=NC1CCCC1)=C(C)O. The molecule has 1 amide bonds. The van der Waals surface area contributed by atoms with Crippen molar-refractivity contribution in [3.05, 3.63) is 11.5 Å². The number of carbonyl (C=O) groups excluding carboxylic acids is 1. The van der Waals surface area contributed by atoms with E-state index >= 15 is 0 Å². The van der Waals surface area contributed by atoms with Crippen molar-refractivity contribution in [3.8, 4) is 0 Å². The van der Waals surface area contributed by atoms with E-state index in [2.05, 4.69) is 15.5 Å². The zero-order valence-corrected chi connectivity index (χ0v) is 9.16. The van der Waals surface area contributed by atoms with E-state index in [-0.39, 0.29) is 17.5 Å². The second-order valence-corrected chi connectivity index (χ2v) is 3.67. The molecule has 0 aromatic rings. The molecule has 1 rings (SSSR count). The first-order chi connectivity index (χ1) is 7.15. The highest BCUT2D eigenvalue weighted by atomic mass is 16.3. The lowest BCUT2D eigenvalue weighted by Crippen LogP contribution is -2.20. The van der Waals surface area contributed by atoms with E-state index < -0.39 is 5.91 Å². The summed E-state index contributed by atoms with van der Waals surface area (Å²) in [4.78, 5) is 11.3. The summed E-state index contributed by atoms with van der Waals surface area (Å²) in [5.74, 6) is -0.507. The summed E-state index contributed by atoms with van der Waals surface area (Å²) in [6.07, 6.45) is 4.38. The van der Waals surface area contributed by atoms with E-state index in [9.17, 15) is 9.90 Å². The number of aliphatic hydroxyl groups excluding tert-OH is 1. The average Bonchev–Trinajstić information content (AvgIpc) is 2.70. The molecule has 0 heterocycles. The standard InChI is InChI=1S/C10H17N3O2/c1-7(14)9(10(15)11-2)13-12-8-5-3-4-6-8/h8,14H,3-6H2,1-2H3,(H,11,15). The van der Waals surface area contributed by atoms with Gasteiger partial charge in [-0.2, -0.15) is 5.11 Å². The van der Waals surface area contributed by atoms with Crippen LogP contribution in [-0.4, -0.2) is 24.1 Å². The Kier molecular flexibility index (Phi) is 4.27. The van der Waals surface area contributed by atoms with Crippen molar-refractivity contribution in [3.63, 3.8) is 0 Å². The molecule has 0 atom stereocenters. The molecule has 5 heteroatoms. The van der Waals surface area contributed by atoms with Crippen LogP contribution in [0, 0.1) is 0 Å². The van der Waals surface area contributed by atoms with Gasteiger partial charge in [0.2, 0.25) is 0 Å². The monoisotopic (exact) mass is 211 g/mol. The van der Waals surface area contributed by atoms with Gasteiger partial charge in [-0.15, -0.1) is 5.11 Å². The van der Waals surface area contributed by atoms with Crippen LogP contribution < -0.4 is 5.32 Å². The lowest BCUT2D eigenvalue weighted by molar-refractivity contribution is -0.117. The molecule has 1 aliphatic rings. The van der Waals surface area contributed by atoms with Gasteiger partial charge in [-0.05, 0) is 19.8 Å². The highest BCUT2D eigenvalue weighted by molar-refractivity contribution is 5.92. The Balaban J connectivity index is 2.66. The summed E-state index contributed by atoms with van der Waals surface area (Å²) in [6.45, 7) is 1.43. The zero-order valence-electron chi connectivity index (χ0n) is 9.16. The fraction of sp³-hybridized carbons (Fsp3) is 0.700. The van der Waals surface area contributed by atoms with Gasteiger partial charge in [0.15, 0.2) is 5.70 Å². The summed E-state index contributed by atoms with van der Waals surface area (Å²) < 4.78 is 0. The number of azo groups is 1. The molecule has 1 saturated carbocycles. The van der Waals surface area contributed by atoms with Crippen molar-refractivity contribution in [1.82, 2.24) is 5.32 Å². The van der Waals surface area contributed by atoms with Crippen LogP contribution >= 0.6 is 0 Å². The maximum atomic E-state index is 11.3. The summed E-state index contributed by atoms with van der Waals surface area (Å²) in [6, 6.07) is 0.212. The molecule has 0 bridgehead atoms. The van der Waals surface area contributed by atoms with Gasteiger partial charge >= 0.3 is 0 Å². The van der Waals surface area contributed by atoms with Crippen LogP contribution in [0.4, 0.5) is 0 Å². The molecule has 0 spiro atoms. The molecule has 1 aliphatic carbocycles. The first-order valence-corrected chi connectivity index (χ1v) is 5.18. The normalized spacial score (nSPS) is 19.3. The maximum Gasteiger partial charge on any atom is 0.275 e. The van der Waals surface area contributed by atoms with Crippen molar-refractivity contribution in [1.29, 1.82) is 0 Å².